The van der Waals surface area contributed by atoms with Gasteiger partial charge in [-0.2, -0.15) is 0 Å². The molecule has 0 spiro atoms. The van der Waals surface area contributed by atoms with E-state index >= 15 is 0 Å². The number of hydrogen-bond donors (Lipinski definition) is 2. The Morgan fingerprint density at radius 3 is 2.47 bits per heavy atom. The van der Waals surface area contributed by atoms with Gasteiger partial charge in [-0.15, -0.1) is 0 Å². The van der Waals surface area contributed by atoms with Crippen LogP contribution in [-0.4, -0.2) is 34.0 Å². The predicted molar refractivity (Wildman–Crippen MR) is 153 cm³/mol. The van der Waals surface area contributed by atoms with Crippen LogP contribution in [0.25, 0.3) is 11.1 Å². The van der Waals surface area contributed by atoms with Gasteiger partial charge in [-0.25, -0.2) is 9.78 Å². The average Bonchev–Trinajstić information content (AvgIpc) is 3.54. The predicted octanol–water partition coefficient (Wildman–Crippen LogP) is 7.63. The van der Waals surface area contributed by atoms with E-state index in [0.29, 0.717) is 33.2 Å². The molecule has 2 aliphatic rings. The third-order valence-corrected chi connectivity index (χ3v) is 8.44. The molecule has 38 heavy (non-hydrogen) atoms. The Kier molecular flexibility index (Phi) is 6.82. The number of carbonyl (C=O) groups is 1. The van der Waals surface area contributed by atoms with Crippen LogP contribution in [0.2, 0.25) is 15.1 Å². The molecule has 194 valence electrons. The first-order valence-corrected chi connectivity index (χ1v) is 13.7. The molecule has 2 amide bonds. The minimum Gasteiger partial charge on any atom is -0.347 e. The van der Waals surface area contributed by atoms with E-state index in [-0.39, 0.29) is 11.9 Å². The summed E-state index contributed by atoms with van der Waals surface area (Å²) in [5, 5.41) is 4.48. The van der Waals surface area contributed by atoms with Crippen LogP contribution in [0.15, 0.2) is 67.1 Å². The van der Waals surface area contributed by atoms with Gasteiger partial charge >= 0.3 is 6.03 Å². The van der Waals surface area contributed by atoms with Gasteiger partial charge in [0.05, 0.1) is 27.7 Å². The third kappa shape index (κ3) is 4.56. The largest absolute Gasteiger partial charge is 0.347 e. The highest BCUT2D eigenvalue weighted by Gasteiger charge is 2.35. The van der Waals surface area contributed by atoms with Gasteiger partial charge in [0, 0.05) is 60.1 Å². The second-order valence-corrected chi connectivity index (χ2v) is 11.2. The van der Waals surface area contributed by atoms with Gasteiger partial charge in [-0.3, -0.25) is 9.80 Å². The lowest BCUT2D eigenvalue weighted by molar-refractivity contribution is 0.247. The van der Waals surface area contributed by atoms with Crippen molar-refractivity contribution >= 4 is 52.2 Å². The maximum atomic E-state index is 13.4. The lowest BCUT2D eigenvalue weighted by atomic mass is 9.85. The molecule has 3 aromatic carbocycles. The number of anilines is 2. The highest BCUT2D eigenvalue weighted by atomic mass is 35.5. The van der Waals surface area contributed by atoms with Gasteiger partial charge in [0.15, 0.2) is 0 Å². The van der Waals surface area contributed by atoms with Crippen LogP contribution in [0.1, 0.15) is 29.7 Å². The summed E-state index contributed by atoms with van der Waals surface area (Å²) in [5.41, 5.74) is 6.38. The van der Waals surface area contributed by atoms with E-state index in [1.165, 1.54) is 0 Å². The lowest BCUT2D eigenvalue weighted by Gasteiger charge is -2.34. The molecule has 2 N–H and O–H groups in total. The molecule has 3 heterocycles. The number of hydrogen-bond acceptors (Lipinski definition) is 3. The van der Waals surface area contributed by atoms with E-state index in [9.17, 15) is 4.79 Å². The maximum absolute atomic E-state index is 13.4. The number of likely N-dealkylation sites (tertiary alicyclic amines) is 1. The number of urea groups is 1. The number of amides is 2. The van der Waals surface area contributed by atoms with E-state index in [2.05, 4.69) is 39.2 Å². The zero-order valence-corrected chi connectivity index (χ0v) is 23.0. The summed E-state index contributed by atoms with van der Waals surface area (Å²) in [4.78, 5) is 24.8. The van der Waals surface area contributed by atoms with Crippen LogP contribution in [0.3, 0.4) is 0 Å². The summed E-state index contributed by atoms with van der Waals surface area (Å²) in [6.45, 7) is 5.32. The molecule has 6 nitrogen and oxygen atoms in total. The first-order valence-electron chi connectivity index (χ1n) is 12.5. The standard InChI is InChI=1S/C29H26Cl3N5O/c1-17-13-36(14-19-11-33-16-35-19)15-23(17)18-9-21(20-5-2-3-6-24(20)30)22-12-34-29(38)37(27(22)10-18)28-25(31)7-4-8-26(28)32/h2-11,16-17,23H,12-15H2,1H3,(H,33,35)(H,34,38)/t17-,23?/m0/s1. The number of aromatic amines is 1. The van der Waals surface area contributed by atoms with Crippen LogP contribution in [0.5, 0.6) is 0 Å². The molecule has 0 bridgehead atoms. The normalized spacial score (nSPS) is 19.5. The van der Waals surface area contributed by atoms with Crippen molar-refractivity contribution in [3.63, 3.8) is 0 Å². The van der Waals surface area contributed by atoms with Crippen molar-refractivity contribution < 1.29 is 4.79 Å². The summed E-state index contributed by atoms with van der Waals surface area (Å²) in [7, 11) is 0. The van der Waals surface area contributed by atoms with Crippen LogP contribution >= 0.6 is 34.8 Å². The van der Waals surface area contributed by atoms with E-state index in [0.717, 1.165) is 53.3 Å². The maximum Gasteiger partial charge on any atom is 0.326 e. The van der Waals surface area contributed by atoms with Crippen molar-refractivity contribution in [3.8, 4) is 11.1 Å². The number of nitrogens with zero attached hydrogens (tertiary/aromatic N) is 3. The third-order valence-electron chi connectivity index (χ3n) is 7.50. The fraction of sp³-hybridized carbons (Fsp3) is 0.241. The molecule has 0 saturated carbocycles. The summed E-state index contributed by atoms with van der Waals surface area (Å²) >= 11 is 19.9. The zero-order chi connectivity index (χ0) is 26.4. The molecule has 1 unspecified atom stereocenters. The molecule has 0 radical (unpaired) electrons. The molecular formula is C29H26Cl3N5O. The molecule has 4 aromatic rings. The van der Waals surface area contributed by atoms with Crippen molar-refractivity contribution in [1.82, 2.24) is 20.2 Å². The smallest absolute Gasteiger partial charge is 0.326 e. The number of para-hydroxylation sites is 1. The average molecular weight is 567 g/mol. The van der Waals surface area contributed by atoms with Gasteiger partial charge in [0.2, 0.25) is 0 Å². The molecule has 2 atom stereocenters. The molecule has 2 aliphatic heterocycles. The molecular weight excluding hydrogens is 541 g/mol. The Hall–Kier alpha value is -3.03. The second kappa shape index (κ2) is 10.3. The fourth-order valence-electron chi connectivity index (χ4n) is 5.72. The van der Waals surface area contributed by atoms with Gasteiger partial charge < -0.3 is 10.3 Å². The number of H-pyrrole nitrogens is 1. The summed E-state index contributed by atoms with van der Waals surface area (Å²) < 4.78 is 0. The monoisotopic (exact) mass is 565 g/mol. The number of halogens is 3. The van der Waals surface area contributed by atoms with E-state index in [1.54, 1.807) is 29.4 Å². The van der Waals surface area contributed by atoms with Crippen LogP contribution in [0, 0.1) is 5.92 Å². The first-order chi connectivity index (χ1) is 18.4. The van der Waals surface area contributed by atoms with Crippen molar-refractivity contribution in [2.24, 2.45) is 5.92 Å². The summed E-state index contributed by atoms with van der Waals surface area (Å²) in [5.74, 6) is 0.669. The Bertz CT molecular complexity index is 1490. The van der Waals surface area contributed by atoms with Crippen LogP contribution < -0.4 is 10.2 Å². The van der Waals surface area contributed by atoms with Crippen molar-refractivity contribution in [2.45, 2.75) is 25.9 Å². The number of benzene rings is 3. The van der Waals surface area contributed by atoms with Crippen molar-refractivity contribution in [3.05, 3.63) is 99.0 Å². The van der Waals surface area contributed by atoms with Gasteiger partial charge in [-0.05, 0) is 41.3 Å². The van der Waals surface area contributed by atoms with E-state index in [4.69, 9.17) is 34.8 Å². The Morgan fingerprint density at radius 1 is 0.974 bits per heavy atom. The number of nitrogens with one attached hydrogen (secondary N) is 2. The SMILES string of the molecule is C[C@H]1CN(Cc2cnc[nH]2)CC1c1cc(-c2ccccc2Cl)c2c(c1)N(c1c(Cl)cccc1Cl)C(=O)NC2. The molecule has 1 fully saturated rings. The number of imidazole rings is 1. The highest BCUT2D eigenvalue weighted by Crippen LogP contribution is 2.46. The minimum absolute atomic E-state index is 0.262. The Morgan fingerprint density at radius 2 is 1.74 bits per heavy atom. The van der Waals surface area contributed by atoms with Gasteiger partial charge in [-0.1, -0.05) is 72.1 Å². The zero-order valence-electron chi connectivity index (χ0n) is 20.7. The summed E-state index contributed by atoms with van der Waals surface area (Å²) in [6, 6.07) is 17.2. The molecule has 6 rings (SSSR count). The first kappa shape index (κ1) is 25.3. The molecule has 9 heteroatoms. The van der Waals surface area contributed by atoms with Crippen molar-refractivity contribution in [1.29, 1.82) is 0 Å². The minimum atomic E-state index is -0.268. The quantitative estimate of drug-likeness (QED) is 0.261. The van der Waals surface area contributed by atoms with Crippen LogP contribution in [0.4, 0.5) is 16.2 Å². The Balaban J connectivity index is 1.50. The highest BCUT2D eigenvalue weighted by molar-refractivity contribution is 6.40. The van der Waals surface area contributed by atoms with E-state index in [1.807, 2.05) is 30.5 Å². The van der Waals surface area contributed by atoms with Gasteiger partial charge in [0.1, 0.15) is 0 Å². The van der Waals surface area contributed by atoms with Crippen molar-refractivity contribution in [2.75, 3.05) is 18.0 Å². The summed E-state index contributed by atoms with van der Waals surface area (Å²) in [6.07, 6.45) is 3.58. The number of rotatable bonds is 5. The van der Waals surface area contributed by atoms with Gasteiger partial charge in [0.25, 0.3) is 0 Å². The number of aromatic nitrogens is 2. The molecule has 0 aliphatic carbocycles. The number of carbonyl (C=O) groups excluding carboxylic acids is 1. The molecule has 1 aromatic heterocycles. The van der Waals surface area contributed by atoms with E-state index < -0.39 is 0 Å². The number of fused-ring (bicyclic) bond motifs is 1. The second-order valence-electron chi connectivity index (χ2n) is 9.97. The lowest BCUT2D eigenvalue weighted by Crippen LogP contribution is -2.41. The van der Waals surface area contributed by atoms with Crippen LogP contribution in [-0.2, 0) is 13.1 Å². The topological polar surface area (TPSA) is 64.3 Å². The molecule has 1 saturated heterocycles. The fourth-order valence-corrected chi connectivity index (χ4v) is 6.52. The Labute approximate surface area is 236 Å².